The van der Waals surface area contributed by atoms with Crippen molar-refractivity contribution in [2.24, 2.45) is 0 Å². The van der Waals surface area contributed by atoms with E-state index in [0.29, 0.717) is 27.4 Å². The molecule has 0 aliphatic heterocycles. The van der Waals surface area contributed by atoms with Gasteiger partial charge in [-0.25, -0.2) is 9.18 Å². The number of hydrogen-bond acceptors (Lipinski definition) is 5. The van der Waals surface area contributed by atoms with E-state index in [1.54, 1.807) is 74.5 Å². The lowest BCUT2D eigenvalue weighted by molar-refractivity contribution is -0.138. The minimum Gasteiger partial charge on any atom is -0.481 e. The van der Waals surface area contributed by atoms with Crippen LogP contribution in [0.1, 0.15) is 48.5 Å². The fourth-order valence-corrected chi connectivity index (χ4v) is 4.53. The van der Waals surface area contributed by atoms with Crippen molar-refractivity contribution in [2.75, 3.05) is 5.32 Å². The van der Waals surface area contributed by atoms with Crippen molar-refractivity contribution in [3.63, 3.8) is 0 Å². The number of carbonyl (C=O) groups excluding carboxylic acids is 1. The van der Waals surface area contributed by atoms with Crippen LogP contribution in [0.3, 0.4) is 0 Å². The van der Waals surface area contributed by atoms with Crippen molar-refractivity contribution in [1.82, 2.24) is 5.16 Å². The largest absolute Gasteiger partial charge is 0.481 e. The summed E-state index contributed by atoms with van der Waals surface area (Å²) < 4.78 is 25.3. The number of halogens is 2. The molecule has 0 saturated carbocycles. The van der Waals surface area contributed by atoms with Gasteiger partial charge in [0.15, 0.2) is 5.76 Å². The fourth-order valence-electron chi connectivity index (χ4n) is 4.24. The summed E-state index contributed by atoms with van der Waals surface area (Å²) in [5, 5.41) is 16.8. The fraction of sp³-hybridized carbons (Fsp3) is 0.222. The van der Waals surface area contributed by atoms with Gasteiger partial charge < -0.3 is 14.4 Å². The second kappa shape index (κ2) is 10.4. The molecule has 1 aliphatic rings. The zero-order chi connectivity index (χ0) is 25.9. The summed E-state index contributed by atoms with van der Waals surface area (Å²) >= 11 is 6.20. The Balaban J connectivity index is 1.60. The Morgan fingerprint density at radius 3 is 2.64 bits per heavy atom. The first kappa shape index (κ1) is 25.2. The van der Waals surface area contributed by atoms with Crippen molar-refractivity contribution >= 4 is 34.9 Å². The molecule has 4 rings (SSSR count). The van der Waals surface area contributed by atoms with Crippen LogP contribution >= 0.6 is 11.6 Å². The van der Waals surface area contributed by atoms with Gasteiger partial charge in [0.25, 0.3) is 0 Å². The van der Waals surface area contributed by atoms with E-state index < -0.39 is 23.6 Å². The number of ether oxygens (including phenoxy) is 1. The van der Waals surface area contributed by atoms with Gasteiger partial charge in [-0.2, -0.15) is 0 Å². The van der Waals surface area contributed by atoms with Crippen LogP contribution in [0.2, 0.25) is 5.02 Å². The summed E-state index contributed by atoms with van der Waals surface area (Å²) in [4.78, 5) is 24.6. The first-order valence-corrected chi connectivity index (χ1v) is 11.6. The van der Waals surface area contributed by atoms with E-state index in [4.69, 9.17) is 20.9 Å². The Bertz CT molecular complexity index is 1370. The van der Waals surface area contributed by atoms with Crippen LogP contribution < -0.4 is 5.32 Å². The van der Waals surface area contributed by atoms with Crippen molar-refractivity contribution in [1.29, 1.82) is 0 Å². The molecule has 2 aromatic carbocycles. The third-order valence-electron chi connectivity index (χ3n) is 6.09. The maximum Gasteiger partial charge on any atom is 0.412 e. The monoisotopic (exact) mass is 510 g/mol. The maximum atomic E-state index is 14.3. The van der Waals surface area contributed by atoms with E-state index in [1.807, 2.05) is 0 Å². The lowest BCUT2D eigenvalue weighted by Gasteiger charge is -2.29. The van der Waals surface area contributed by atoms with Crippen LogP contribution in [-0.4, -0.2) is 22.3 Å². The number of carboxylic acids is 1. The van der Waals surface area contributed by atoms with Crippen molar-refractivity contribution in [3.05, 3.63) is 100 Å². The number of amides is 1. The molecule has 1 heterocycles. The second-order valence-corrected chi connectivity index (χ2v) is 8.98. The summed E-state index contributed by atoms with van der Waals surface area (Å²) in [6.45, 7) is 3.31. The number of allylic oxidation sites excluding steroid dienone is 4. The van der Waals surface area contributed by atoms with Gasteiger partial charge in [0.2, 0.25) is 0 Å². The molecule has 2 atom stereocenters. The van der Waals surface area contributed by atoms with Crippen LogP contribution in [0.15, 0.2) is 71.3 Å². The van der Waals surface area contributed by atoms with E-state index in [2.05, 4.69) is 10.5 Å². The predicted octanol–water partition coefficient (Wildman–Crippen LogP) is 6.84. The Hall–Kier alpha value is -3.91. The molecule has 1 aliphatic carbocycles. The zero-order valence-corrected chi connectivity index (χ0v) is 20.4. The molecule has 0 bridgehead atoms. The number of nitrogens with zero attached hydrogens (tertiary/aromatic N) is 1. The third-order valence-corrected chi connectivity index (χ3v) is 6.43. The number of hydrogen-bond donors (Lipinski definition) is 2. The molecule has 7 nitrogen and oxygen atoms in total. The van der Waals surface area contributed by atoms with Gasteiger partial charge >= 0.3 is 12.1 Å². The van der Waals surface area contributed by atoms with Crippen molar-refractivity contribution < 1.29 is 28.3 Å². The Kier molecular flexibility index (Phi) is 7.26. The summed E-state index contributed by atoms with van der Waals surface area (Å²) in [5.41, 5.74) is 1.09. The molecule has 0 saturated heterocycles. The number of carboxylic acid groups (broad SMARTS) is 1. The van der Waals surface area contributed by atoms with Crippen LogP contribution in [0.25, 0.3) is 5.57 Å². The Morgan fingerprint density at radius 1 is 1.25 bits per heavy atom. The highest BCUT2D eigenvalue weighted by atomic mass is 35.5. The van der Waals surface area contributed by atoms with E-state index in [-0.39, 0.29) is 30.1 Å². The SMILES string of the molecule is Cc1noc(C2(CC(=O)O)C=CC(c3ccccc3F)=CC2)c1NC(=O)O[C@H](C)c1ccccc1Cl. The number of aromatic nitrogens is 1. The van der Waals surface area contributed by atoms with Crippen molar-refractivity contribution in [2.45, 2.75) is 38.2 Å². The molecular formula is C27H24ClFN2O5. The van der Waals surface area contributed by atoms with Crippen LogP contribution in [0.4, 0.5) is 14.9 Å². The molecule has 0 spiro atoms. The number of benzene rings is 2. The van der Waals surface area contributed by atoms with Gasteiger partial charge in [-0.05, 0) is 38.0 Å². The van der Waals surface area contributed by atoms with E-state index in [0.717, 1.165) is 0 Å². The highest BCUT2D eigenvalue weighted by Crippen LogP contribution is 2.43. The quantitative estimate of drug-likeness (QED) is 0.361. The minimum atomic E-state index is -1.15. The molecule has 2 N–H and O–H groups in total. The molecule has 0 fully saturated rings. The average Bonchev–Trinajstić information content (AvgIpc) is 3.20. The lowest BCUT2D eigenvalue weighted by Crippen LogP contribution is -2.29. The summed E-state index contributed by atoms with van der Waals surface area (Å²) in [7, 11) is 0. The minimum absolute atomic E-state index is 0.171. The molecule has 1 unspecified atom stereocenters. The number of carbonyl (C=O) groups is 2. The number of nitrogens with one attached hydrogen (secondary N) is 1. The molecule has 186 valence electrons. The summed E-state index contributed by atoms with van der Waals surface area (Å²) in [5.74, 6) is -1.28. The van der Waals surface area contributed by atoms with Crippen LogP contribution in [0.5, 0.6) is 0 Å². The lowest BCUT2D eigenvalue weighted by atomic mass is 9.74. The van der Waals surface area contributed by atoms with Gasteiger partial charge in [0.05, 0.1) is 11.8 Å². The normalized spacial score (nSPS) is 17.8. The molecule has 3 aromatic rings. The average molecular weight is 511 g/mol. The molecule has 1 amide bonds. The van der Waals surface area contributed by atoms with Gasteiger partial charge in [-0.15, -0.1) is 0 Å². The first-order valence-electron chi connectivity index (χ1n) is 11.2. The highest BCUT2D eigenvalue weighted by Gasteiger charge is 2.40. The number of aryl methyl sites for hydroxylation is 1. The van der Waals surface area contributed by atoms with Crippen molar-refractivity contribution in [3.8, 4) is 0 Å². The van der Waals surface area contributed by atoms with Crippen LogP contribution in [0, 0.1) is 12.7 Å². The summed E-state index contributed by atoms with van der Waals surface area (Å²) in [6.07, 6.45) is 3.50. The Labute approximate surface area is 212 Å². The summed E-state index contributed by atoms with van der Waals surface area (Å²) in [6, 6.07) is 13.4. The highest BCUT2D eigenvalue weighted by molar-refractivity contribution is 6.31. The molecule has 1 aromatic heterocycles. The maximum absolute atomic E-state index is 14.3. The van der Waals surface area contributed by atoms with E-state index in [9.17, 15) is 19.1 Å². The van der Waals surface area contributed by atoms with Gasteiger partial charge in [0.1, 0.15) is 23.3 Å². The standard InChI is InChI=1S/C27H24ClFN2O5/c1-16-24(30-26(34)35-17(2)19-7-3-5-9-21(19)28)25(36-31-16)27(15-23(32)33)13-11-18(12-14-27)20-8-4-6-10-22(20)29/h3-13,17H,14-15H2,1-2H3,(H,30,34)(H,32,33)/t17-,27?/m1/s1. The third kappa shape index (κ3) is 5.18. The molecular weight excluding hydrogens is 487 g/mol. The second-order valence-electron chi connectivity index (χ2n) is 8.57. The number of rotatable bonds is 7. The van der Waals surface area contributed by atoms with E-state index >= 15 is 0 Å². The smallest absolute Gasteiger partial charge is 0.412 e. The van der Waals surface area contributed by atoms with Gasteiger partial charge in [0, 0.05) is 16.1 Å². The van der Waals surface area contributed by atoms with E-state index in [1.165, 1.54) is 6.07 Å². The first-order chi connectivity index (χ1) is 17.2. The Morgan fingerprint density at radius 2 is 1.97 bits per heavy atom. The molecule has 0 radical (unpaired) electrons. The number of anilines is 1. The zero-order valence-electron chi connectivity index (χ0n) is 19.6. The molecule has 9 heteroatoms. The van der Waals surface area contributed by atoms with Gasteiger partial charge in [-0.3, -0.25) is 10.1 Å². The van der Waals surface area contributed by atoms with Gasteiger partial charge in [-0.1, -0.05) is 71.4 Å². The molecule has 36 heavy (non-hydrogen) atoms. The van der Waals surface area contributed by atoms with Crippen LogP contribution in [-0.2, 0) is 14.9 Å². The topological polar surface area (TPSA) is 102 Å². The number of aliphatic carboxylic acids is 1. The predicted molar refractivity (Wildman–Crippen MR) is 133 cm³/mol.